The number of piperidine rings is 1. The molecule has 1 aliphatic rings. The molecular formula is C22H28N2O4S. The molecule has 0 unspecified atom stereocenters. The number of benzene rings is 2. The first-order chi connectivity index (χ1) is 13.9. The Morgan fingerprint density at radius 2 is 1.86 bits per heavy atom. The lowest BCUT2D eigenvalue weighted by atomic mass is 9.98. The van der Waals surface area contributed by atoms with Crippen molar-refractivity contribution in [3.05, 3.63) is 60.2 Å². The minimum absolute atomic E-state index is 0.126. The molecule has 0 aliphatic carbocycles. The zero-order valence-electron chi connectivity index (χ0n) is 16.9. The molecule has 1 saturated heterocycles. The SMILES string of the molecule is Cc1ccccc1OC[C@H](C)NC(=O)[C@@H]1CCCN(S(=O)(=O)c2ccccc2)C1. The van der Waals surface area contributed by atoms with Crippen LogP contribution in [0, 0.1) is 12.8 Å². The van der Waals surface area contributed by atoms with Crippen LogP contribution in [0.5, 0.6) is 5.75 Å². The van der Waals surface area contributed by atoms with Crippen LogP contribution in [0.2, 0.25) is 0 Å². The highest BCUT2D eigenvalue weighted by Crippen LogP contribution is 2.24. The predicted molar refractivity (Wildman–Crippen MR) is 112 cm³/mol. The molecule has 0 radical (unpaired) electrons. The molecule has 2 aromatic carbocycles. The van der Waals surface area contributed by atoms with Gasteiger partial charge in [0.15, 0.2) is 0 Å². The number of hydrogen-bond acceptors (Lipinski definition) is 4. The van der Waals surface area contributed by atoms with Crippen molar-refractivity contribution in [2.75, 3.05) is 19.7 Å². The van der Waals surface area contributed by atoms with Crippen LogP contribution in [0.15, 0.2) is 59.5 Å². The fourth-order valence-electron chi connectivity index (χ4n) is 3.45. The molecule has 0 spiro atoms. The predicted octanol–water partition coefficient (Wildman–Crippen LogP) is 2.98. The molecule has 2 atom stereocenters. The van der Waals surface area contributed by atoms with Crippen LogP contribution < -0.4 is 10.1 Å². The third-order valence-corrected chi connectivity index (χ3v) is 6.99. The van der Waals surface area contributed by atoms with E-state index in [9.17, 15) is 13.2 Å². The first kappa shape index (κ1) is 21.3. The summed E-state index contributed by atoms with van der Waals surface area (Å²) >= 11 is 0. The summed E-state index contributed by atoms with van der Waals surface area (Å²) in [7, 11) is -3.58. The van der Waals surface area contributed by atoms with Gasteiger partial charge in [-0.2, -0.15) is 4.31 Å². The van der Waals surface area contributed by atoms with Crippen molar-refractivity contribution in [2.24, 2.45) is 5.92 Å². The average molecular weight is 417 g/mol. The van der Waals surface area contributed by atoms with Crippen molar-refractivity contribution in [3.63, 3.8) is 0 Å². The second-order valence-corrected chi connectivity index (χ2v) is 9.44. The molecule has 0 bridgehead atoms. The molecule has 2 aromatic rings. The quantitative estimate of drug-likeness (QED) is 0.753. The fourth-order valence-corrected chi connectivity index (χ4v) is 5.00. The van der Waals surface area contributed by atoms with Crippen molar-refractivity contribution in [1.82, 2.24) is 9.62 Å². The second-order valence-electron chi connectivity index (χ2n) is 7.50. The van der Waals surface area contributed by atoms with E-state index in [4.69, 9.17) is 4.74 Å². The third-order valence-electron chi connectivity index (χ3n) is 5.11. The van der Waals surface area contributed by atoms with Gasteiger partial charge in [0, 0.05) is 13.1 Å². The van der Waals surface area contributed by atoms with Crippen molar-refractivity contribution in [3.8, 4) is 5.75 Å². The Morgan fingerprint density at radius 3 is 2.59 bits per heavy atom. The van der Waals surface area contributed by atoms with Crippen molar-refractivity contribution < 1.29 is 17.9 Å². The molecule has 156 valence electrons. The maximum atomic E-state index is 12.8. The molecule has 1 aliphatic heterocycles. The number of amides is 1. The third kappa shape index (κ3) is 5.36. The lowest BCUT2D eigenvalue weighted by molar-refractivity contribution is -0.126. The lowest BCUT2D eigenvalue weighted by Gasteiger charge is -2.31. The summed E-state index contributed by atoms with van der Waals surface area (Å²) in [5.74, 6) is 0.313. The van der Waals surface area contributed by atoms with Gasteiger partial charge in [0.05, 0.1) is 16.9 Å². The van der Waals surface area contributed by atoms with Gasteiger partial charge in [0.25, 0.3) is 0 Å². The maximum absolute atomic E-state index is 12.8. The number of nitrogens with one attached hydrogen (secondary N) is 1. The van der Waals surface area contributed by atoms with Gasteiger partial charge >= 0.3 is 0 Å². The molecule has 6 nitrogen and oxygen atoms in total. The number of sulfonamides is 1. The summed E-state index contributed by atoms with van der Waals surface area (Å²) in [6.45, 7) is 4.86. The Labute approximate surface area is 172 Å². The van der Waals surface area contributed by atoms with Gasteiger partial charge in [-0.25, -0.2) is 8.42 Å². The maximum Gasteiger partial charge on any atom is 0.243 e. The fraction of sp³-hybridized carbons (Fsp3) is 0.409. The Hall–Kier alpha value is -2.38. The number of hydrogen-bond donors (Lipinski definition) is 1. The van der Waals surface area contributed by atoms with Crippen LogP contribution in [0.25, 0.3) is 0 Å². The van der Waals surface area contributed by atoms with Gasteiger partial charge in [-0.3, -0.25) is 4.79 Å². The van der Waals surface area contributed by atoms with Crippen LogP contribution in [-0.2, 0) is 14.8 Å². The Balaban J connectivity index is 1.56. The number of para-hydroxylation sites is 1. The number of carbonyl (C=O) groups excluding carboxylic acids is 1. The van der Waals surface area contributed by atoms with Crippen LogP contribution >= 0.6 is 0 Å². The van der Waals surface area contributed by atoms with E-state index in [0.717, 1.165) is 11.3 Å². The largest absolute Gasteiger partial charge is 0.491 e. The summed E-state index contributed by atoms with van der Waals surface area (Å²) in [5, 5.41) is 2.97. The molecule has 3 rings (SSSR count). The Kier molecular flexibility index (Phi) is 6.92. The topological polar surface area (TPSA) is 75.7 Å². The number of aryl methyl sites for hydroxylation is 1. The van der Waals surface area contributed by atoms with E-state index in [2.05, 4.69) is 5.32 Å². The Morgan fingerprint density at radius 1 is 1.17 bits per heavy atom. The standard InChI is InChI=1S/C22H28N2O4S/c1-17-9-6-7-13-21(17)28-16-18(2)23-22(25)19-10-8-14-24(15-19)29(26,27)20-11-4-3-5-12-20/h3-7,9,11-13,18-19H,8,10,14-16H2,1-2H3,(H,23,25)/t18-,19+/m0/s1. The monoisotopic (exact) mass is 416 g/mol. The van der Waals surface area contributed by atoms with E-state index < -0.39 is 10.0 Å². The average Bonchev–Trinajstić information content (AvgIpc) is 2.74. The minimum atomic E-state index is -3.58. The highest BCUT2D eigenvalue weighted by Gasteiger charge is 2.33. The molecule has 1 N–H and O–H groups in total. The van der Waals surface area contributed by atoms with Crippen LogP contribution in [0.3, 0.4) is 0 Å². The number of rotatable bonds is 7. The Bertz CT molecular complexity index is 931. The van der Waals surface area contributed by atoms with E-state index in [1.54, 1.807) is 30.3 Å². The van der Waals surface area contributed by atoms with Crippen molar-refractivity contribution >= 4 is 15.9 Å². The van der Waals surface area contributed by atoms with Gasteiger partial charge in [-0.1, -0.05) is 36.4 Å². The first-order valence-corrected chi connectivity index (χ1v) is 11.4. The summed E-state index contributed by atoms with van der Waals surface area (Å²) in [6.07, 6.45) is 1.34. The van der Waals surface area contributed by atoms with Crippen molar-refractivity contribution in [1.29, 1.82) is 0 Å². The molecule has 29 heavy (non-hydrogen) atoms. The van der Waals surface area contributed by atoms with Crippen LogP contribution in [0.4, 0.5) is 0 Å². The van der Waals surface area contributed by atoms with E-state index in [-0.39, 0.29) is 29.3 Å². The molecule has 0 saturated carbocycles. The van der Waals surface area contributed by atoms with Crippen LogP contribution in [-0.4, -0.2) is 44.4 Å². The molecule has 7 heteroatoms. The summed E-state index contributed by atoms with van der Waals surface area (Å²) in [5.41, 5.74) is 1.04. The van der Waals surface area contributed by atoms with Crippen LogP contribution in [0.1, 0.15) is 25.3 Å². The zero-order valence-corrected chi connectivity index (χ0v) is 17.7. The van der Waals surface area contributed by atoms with E-state index in [0.29, 0.717) is 26.0 Å². The normalized spacial score (nSPS) is 18.8. The smallest absolute Gasteiger partial charge is 0.243 e. The van der Waals surface area contributed by atoms with E-state index >= 15 is 0 Å². The minimum Gasteiger partial charge on any atom is -0.491 e. The number of carbonyl (C=O) groups is 1. The van der Waals surface area contributed by atoms with E-state index in [1.165, 1.54) is 4.31 Å². The van der Waals surface area contributed by atoms with Gasteiger partial charge in [-0.15, -0.1) is 0 Å². The number of nitrogens with zero attached hydrogens (tertiary/aromatic N) is 1. The molecular weight excluding hydrogens is 388 g/mol. The van der Waals surface area contributed by atoms with Crippen molar-refractivity contribution in [2.45, 2.75) is 37.6 Å². The molecule has 0 aromatic heterocycles. The lowest BCUT2D eigenvalue weighted by Crippen LogP contribution is -2.48. The molecule has 1 fully saturated rings. The number of ether oxygens (including phenoxy) is 1. The highest BCUT2D eigenvalue weighted by atomic mass is 32.2. The van der Waals surface area contributed by atoms with Gasteiger partial charge in [-0.05, 0) is 50.5 Å². The molecule has 1 heterocycles. The first-order valence-electron chi connectivity index (χ1n) is 9.92. The summed E-state index contributed by atoms with van der Waals surface area (Å²) in [4.78, 5) is 13.0. The summed E-state index contributed by atoms with van der Waals surface area (Å²) < 4.78 is 32.9. The molecule has 1 amide bonds. The van der Waals surface area contributed by atoms with E-state index in [1.807, 2.05) is 38.1 Å². The highest BCUT2D eigenvalue weighted by molar-refractivity contribution is 7.89. The van der Waals surface area contributed by atoms with Gasteiger partial charge in [0.1, 0.15) is 12.4 Å². The zero-order chi connectivity index (χ0) is 20.9. The van der Waals surface area contributed by atoms with Gasteiger partial charge in [0.2, 0.25) is 15.9 Å². The van der Waals surface area contributed by atoms with Gasteiger partial charge < -0.3 is 10.1 Å². The summed E-state index contributed by atoms with van der Waals surface area (Å²) in [6, 6.07) is 15.9. The second kappa shape index (κ2) is 9.41.